The van der Waals surface area contributed by atoms with Crippen molar-refractivity contribution < 1.29 is 14.6 Å². The molecule has 0 unspecified atom stereocenters. The van der Waals surface area contributed by atoms with Gasteiger partial charge in [-0.2, -0.15) is 5.10 Å². The number of aromatic nitrogens is 2. The Morgan fingerprint density at radius 1 is 1.75 bits per heavy atom. The molecule has 12 heavy (non-hydrogen) atoms. The number of H-pyrrole nitrogens is 1. The van der Waals surface area contributed by atoms with Gasteiger partial charge in [0, 0.05) is 0 Å². The molecule has 0 spiro atoms. The van der Waals surface area contributed by atoms with Crippen molar-refractivity contribution >= 4 is 5.97 Å². The minimum Gasteiger partial charge on any atom is -0.477 e. The molecule has 0 bridgehead atoms. The van der Waals surface area contributed by atoms with Crippen molar-refractivity contribution in [1.82, 2.24) is 10.2 Å². The summed E-state index contributed by atoms with van der Waals surface area (Å²) in [5.74, 6) is -0.836. The lowest BCUT2D eigenvalue weighted by atomic mass is 10.3. The van der Waals surface area contributed by atoms with Crippen LogP contribution in [0.2, 0.25) is 0 Å². The third kappa shape index (κ3) is 1.75. The molecule has 5 heteroatoms. The average molecular weight is 170 g/mol. The van der Waals surface area contributed by atoms with Crippen molar-refractivity contribution in [3.05, 3.63) is 11.8 Å². The van der Waals surface area contributed by atoms with Crippen molar-refractivity contribution in [3.8, 4) is 5.88 Å². The van der Waals surface area contributed by atoms with Gasteiger partial charge in [-0.15, -0.1) is 0 Å². The van der Waals surface area contributed by atoms with Gasteiger partial charge in [-0.3, -0.25) is 0 Å². The Kier molecular flexibility index (Phi) is 2.32. The molecule has 0 fully saturated rings. The number of hydrogen-bond donors (Lipinski definition) is 2. The maximum absolute atomic E-state index is 10.5. The van der Waals surface area contributed by atoms with Crippen LogP contribution < -0.4 is 4.74 Å². The highest BCUT2D eigenvalue weighted by molar-refractivity contribution is 5.89. The first-order valence-corrected chi connectivity index (χ1v) is 3.54. The molecule has 0 radical (unpaired) electrons. The van der Waals surface area contributed by atoms with Gasteiger partial charge in [-0.1, -0.05) is 0 Å². The number of nitrogens with one attached hydrogen (secondary N) is 1. The van der Waals surface area contributed by atoms with Crippen molar-refractivity contribution in [3.63, 3.8) is 0 Å². The van der Waals surface area contributed by atoms with Gasteiger partial charge < -0.3 is 9.84 Å². The number of nitrogens with zero attached hydrogens (tertiary/aromatic N) is 1. The molecule has 0 aliphatic heterocycles. The number of aromatic amines is 1. The molecule has 0 amide bonds. The fraction of sp³-hybridized carbons (Fsp3) is 0.429. The predicted molar refractivity (Wildman–Crippen MR) is 41.3 cm³/mol. The van der Waals surface area contributed by atoms with Gasteiger partial charge in [0.1, 0.15) is 5.56 Å². The Labute approximate surface area is 69.4 Å². The van der Waals surface area contributed by atoms with Gasteiger partial charge in [-0.05, 0) is 13.8 Å². The minimum absolute atomic E-state index is 0.0590. The molecule has 0 aliphatic carbocycles. The van der Waals surface area contributed by atoms with Crippen LogP contribution in [-0.2, 0) is 0 Å². The van der Waals surface area contributed by atoms with E-state index in [1.807, 2.05) is 13.8 Å². The molecule has 2 N–H and O–H groups in total. The van der Waals surface area contributed by atoms with E-state index in [9.17, 15) is 4.79 Å². The lowest BCUT2D eigenvalue weighted by Crippen LogP contribution is -2.09. The number of carboxylic acids is 1. The summed E-state index contributed by atoms with van der Waals surface area (Å²) in [7, 11) is 0. The summed E-state index contributed by atoms with van der Waals surface area (Å²) in [6.07, 6.45) is 1.16. The van der Waals surface area contributed by atoms with Gasteiger partial charge >= 0.3 is 5.97 Å². The molecule has 1 aromatic rings. The van der Waals surface area contributed by atoms with Gasteiger partial charge in [-0.25, -0.2) is 9.89 Å². The van der Waals surface area contributed by atoms with Gasteiger partial charge in [0.25, 0.3) is 0 Å². The van der Waals surface area contributed by atoms with Crippen LogP contribution in [0.4, 0.5) is 0 Å². The Morgan fingerprint density at radius 2 is 2.42 bits per heavy atom. The second-order valence-corrected chi connectivity index (χ2v) is 2.58. The second kappa shape index (κ2) is 3.25. The number of rotatable bonds is 3. The van der Waals surface area contributed by atoms with E-state index in [1.165, 1.54) is 6.20 Å². The van der Waals surface area contributed by atoms with Crippen LogP contribution in [0.5, 0.6) is 5.88 Å². The Balaban J connectivity index is 2.84. The number of carboxylic acid groups (broad SMARTS) is 1. The molecule has 0 saturated heterocycles. The molecular weight excluding hydrogens is 160 g/mol. The lowest BCUT2D eigenvalue weighted by molar-refractivity contribution is 0.0690. The first-order chi connectivity index (χ1) is 5.61. The zero-order chi connectivity index (χ0) is 9.14. The Bertz CT molecular complexity index is 280. The molecule has 0 atom stereocenters. The summed E-state index contributed by atoms with van der Waals surface area (Å²) in [5.41, 5.74) is 0.0590. The molecule has 1 aromatic heterocycles. The maximum Gasteiger partial charge on any atom is 0.342 e. The number of hydrogen-bond acceptors (Lipinski definition) is 3. The van der Waals surface area contributed by atoms with E-state index >= 15 is 0 Å². The van der Waals surface area contributed by atoms with Crippen molar-refractivity contribution in [2.45, 2.75) is 20.0 Å². The second-order valence-electron chi connectivity index (χ2n) is 2.58. The first-order valence-electron chi connectivity index (χ1n) is 3.54. The summed E-state index contributed by atoms with van der Waals surface area (Å²) in [6.45, 7) is 3.62. The van der Waals surface area contributed by atoms with Gasteiger partial charge in [0.2, 0.25) is 5.88 Å². The molecule has 0 aromatic carbocycles. The molecular formula is C7H10N2O3. The largest absolute Gasteiger partial charge is 0.477 e. The van der Waals surface area contributed by atoms with Crippen molar-refractivity contribution in [2.24, 2.45) is 0 Å². The molecule has 1 heterocycles. The minimum atomic E-state index is -1.04. The average Bonchev–Trinajstić information content (AvgIpc) is 2.33. The normalized spacial score (nSPS) is 10.2. The van der Waals surface area contributed by atoms with Crippen LogP contribution >= 0.6 is 0 Å². The summed E-state index contributed by atoms with van der Waals surface area (Å²) in [5, 5.41) is 14.7. The van der Waals surface area contributed by atoms with Gasteiger partial charge in [0.05, 0.1) is 12.3 Å². The molecule has 66 valence electrons. The monoisotopic (exact) mass is 170 g/mol. The Hall–Kier alpha value is -1.52. The molecule has 5 nitrogen and oxygen atoms in total. The van der Waals surface area contributed by atoms with Gasteiger partial charge in [0.15, 0.2) is 0 Å². The Morgan fingerprint density at radius 3 is 2.92 bits per heavy atom. The predicted octanol–water partition coefficient (Wildman–Crippen LogP) is 0.895. The zero-order valence-electron chi connectivity index (χ0n) is 6.87. The highest BCUT2D eigenvalue weighted by Crippen LogP contribution is 2.14. The van der Waals surface area contributed by atoms with Crippen LogP contribution in [-0.4, -0.2) is 27.4 Å². The summed E-state index contributed by atoms with van der Waals surface area (Å²) < 4.78 is 5.15. The topological polar surface area (TPSA) is 75.2 Å². The SMILES string of the molecule is CC(C)Oc1[nH]ncc1C(=O)O. The van der Waals surface area contributed by atoms with E-state index in [2.05, 4.69) is 10.2 Å². The van der Waals surface area contributed by atoms with Crippen LogP contribution in [0.3, 0.4) is 0 Å². The first kappa shape index (κ1) is 8.58. The van der Waals surface area contributed by atoms with Crippen molar-refractivity contribution in [1.29, 1.82) is 0 Å². The van der Waals surface area contributed by atoms with E-state index in [-0.39, 0.29) is 17.5 Å². The molecule has 0 aliphatic rings. The van der Waals surface area contributed by atoms with E-state index in [1.54, 1.807) is 0 Å². The fourth-order valence-electron chi connectivity index (χ4n) is 0.752. The van der Waals surface area contributed by atoms with E-state index in [0.29, 0.717) is 0 Å². The highest BCUT2D eigenvalue weighted by Gasteiger charge is 2.13. The number of aromatic carboxylic acids is 1. The van der Waals surface area contributed by atoms with E-state index < -0.39 is 5.97 Å². The lowest BCUT2D eigenvalue weighted by Gasteiger charge is -2.06. The standard InChI is InChI=1S/C7H10N2O3/c1-4(2)12-6-5(7(10)11)3-8-9-6/h3-4H,1-2H3,(H,8,9)(H,10,11). The van der Waals surface area contributed by atoms with Crippen LogP contribution in [0.25, 0.3) is 0 Å². The van der Waals surface area contributed by atoms with E-state index in [0.717, 1.165) is 0 Å². The zero-order valence-corrected chi connectivity index (χ0v) is 6.87. The molecule has 0 saturated carbocycles. The molecule has 1 rings (SSSR count). The third-order valence-electron chi connectivity index (χ3n) is 1.19. The van der Waals surface area contributed by atoms with Crippen LogP contribution in [0, 0.1) is 0 Å². The summed E-state index contributed by atoms with van der Waals surface area (Å²) in [6, 6.07) is 0. The fourth-order valence-corrected chi connectivity index (χ4v) is 0.752. The quantitative estimate of drug-likeness (QED) is 0.706. The third-order valence-corrected chi connectivity index (χ3v) is 1.19. The maximum atomic E-state index is 10.5. The van der Waals surface area contributed by atoms with Crippen LogP contribution in [0.1, 0.15) is 24.2 Å². The highest BCUT2D eigenvalue weighted by atomic mass is 16.5. The van der Waals surface area contributed by atoms with E-state index in [4.69, 9.17) is 9.84 Å². The number of ether oxygens (including phenoxy) is 1. The smallest absolute Gasteiger partial charge is 0.342 e. The summed E-state index contributed by atoms with van der Waals surface area (Å²) in [4.78, 5) is 10.5. The number of carbonyl (C=O) groups is 1. The van der Waals surface area contributed by atoms with Crippen molar-refractivity contribution in [2.75, 3.05) is 0 Å². The summed E-state index contributed by atoms with van der Waals surface area (Å²) >= 11 is 0. The van der Waals surface area contributed by atoms with Crippen LogP contribution in [0.15, 0.2) is 6.20 Å².